The summed E-state index contributed by atoms with van der Waals surface area (Å²) < 4.78 is 15.9. The highest BCUT2D eigenvalue weighted by Gasteiger charge is 2.08. The first-order valence-corrected chi connectivity index (χ1v) is 7.80. The molecule has 6 nitrogen and oxygen atoms in total. The number of ether oxygens (including phenoxy) is 3. The maximum atomic E-state index is 5.33. The summed E-state index contributed by atoms with van der Waals surface area (Å²) in [5.41, 5.74) is 7.75. The van der Waals surface area contributed by atoms with Crippen LogP contribution >= 0.6 is 0 Å². The lowest BCUT2D eigenvalue weighted by atomic mass is 10.1. The molecular formula is C16H27N3O3. The van der Waals surface area contributed by atoms with Gasteiger partial charge in [-0.3, -0.25) is 15.8 Å². The number of benzene rings is 1. The number of nitrogens with zero attached hydrogens (tertiary/aromatic N) is 1. The van der Waals surface area contributed by atoms with E-state index in [0.717, 1.165) is 63.9 Å². The zero-order chi connectivity index (χ0) is 15.6. The van der Waals surface area contributed by atoms with Crippen molar-refractivity contribution < 1.29 is 14.2 Å². The molecule has 1 fully saturated rings. The van der Waals surface area contributed by atoms with Crippen molar-refractivity contribution in [3.63, 3.8) is 0 Å². The number of nitrogens with one attached hydrogen (secondary N) is 2. The monoisotopic (exact) mass is 309 g/mol. The summed E-state index contributed by atoms with van der Waals surface area (Å²) in [6.07, 6.45) is 0.935. The van der Waals surface area contributed by atoms with E-state index in [1.54, 1.807) is 14.2 Å². The van der Waals surface area contributed by atoms with Gasteiger partial charge in [-0.2, -0.15) is 0 Å². The molecule has 2 N–H and O–H groups in total. The Hall–Kier alpha value is -1.34. The number of methoxy groups -OCH3 is 2. The molecule has 1 aliphatic rings. The quantitative estimate of drug-likeness (QED) is 0.517. The average Bonchev–Trinajstić information content (AvgIpc) is 2.58. The summed E-state index contributed by atoms with van der Waals surface area (Å²) in [6.45, 7) is 6.64. The Labute approximate surface area is 132 Å². The van der Waals surface area contributed by atoms with E-state index in [9.17, 15) is 0 Å². The molecule has 2 rings (SSSR count). The van der Waals surface area contributed by atoms with Crippen molar-refractivity contribution in [2.24, 2.45) is 0 Å². The number of morpholine rings is 1. The minimum atomic E-state index is 0.767. The van der Waals surface area contributed by atoms with Crippen LogP contribution in [0.1, 0.15) is 5.56 Å². The van der Waals surface area contributed by atoms with E-state index in [0.29, 0.717) is 0 Å². The van der Waals surface area contributed by atoms with Crippen molar-refractivity contribution in [2.45, 2.75) is 6.42 Å². The molecule has 0 saturated carbocycles. The standard InChI is InChI=1S/C16H27N3O3/c1-20-15-4-3-14(13-16(15)21-2)5-6-17-18-7-8-19-9-11-22-12-10-19/h3-4,13,17-18H,5-12H2,1-2H3. The van der Waals surface area contributed by atoms with Crippen molar-refractivity contribution in [2.75, 3.05) is 60.2 Å². The molecule has 0 unspecified atom stereocenters. The lowest BCUT2D eigenvalue weighted by Crippen LogP contribution is -2.43. The van der Waals surface area contributed by atoms with Crippen molar-refractivity contribution in [1.29, 1.82) is 0 Å². The molecule has 1 heterocycles. The largest absolute Gasteiger partial charge is 0.493 e. The van der Waals surface area contributed by atoms with E-state index in [-0.39, 0.29) is 0 Å². The van der Waals surface area contributed by atoms with Crippen molar-refractivity contribution >= 4 is 0 Å². The first kappa shape index (κ1) is 17.0. The molecule has 124 valence electrons. The minimum absolute atomic E-state index is 0.767. The summed E-state index contributed by atoms with van der Waals surface area (Å²) >= 11 is 0. The second-order valence-corrected chi connectivity index (χ2v) is 5.25. The zero-order valence-electron chi connectivity index (χ0n) is 13.6. The molecule has 0 bridgehead atoms. The first-order chi connectivity index (χ1) is 10.8. The Morgan fingerprint density at radius 2 is 1.77 bits per heavy atom. The van der Waals surface area contributed by atoms with Crippen LogP contribution in [0.25, 0.3) is 0 Å². The second kappa shape index (κ2) is 9.63. The van der Waals surface area contributed by atoms with Gasteiger partial charge in [0.2, 0.25) is 0 Å². The van der Waals surface area contributed by atoms with E-state index >= 15 is 0 Å². The highest BCUT2D eigenvalue weighted by atomic mass is 16.5. The minimum Gasteiger partial charge on any atom is -0.493 e. The number of hydrogen-bond acceptors (Lipinski definition) is 6. The van der Waals surface area contributed by atoms with E-state index in [1.807, 2.05) is 12.1 Å². The maximum Gasteiger partial charge on any atom is 0.160 e. The summed E-state index contributed by atoms with van der Waals surface area (Å²) in [6, 6.07) is 6.03. The van der Waals surface area contributed by atoms with E-state index in [4.69, 9.17) is 14.2 Å². The Kier molecular flexibility index (Phi) is 7.45. The molecule has 1 aromatic carbocycles. The molecule has 1 aliphatic heterocycles. The molecule has 1 saturated heterocycles. The van der Waals surface area contributed by atoms with Gasteiger partial charge in [-0.15, -0.1) is 0 Å². The van der Waals surface area contributed by atoms with Crippen LogP contribution in [0.5, 0.6) is 11.5 Å². The number of hydrazine groups is 1. The normalized spacial score (nSPS) is 15.7. The molecule has 22 heavy (non-hydrogen) atoms. The van der Waals surface area contributed by atoms with Crippen LogP contribution < -0.4 is 20.3 Å². The SMILES string of the molecule is COc1ccc(CCNNCCN2CCOCC2)cc1OC. The van der Waals surface area contributed by atoms with E-state index < -0.39 is 0 Å². The fourth-order valence-electron chi connectivity index (χ4n) is 2.46. The van der Waals surface area contributed by atoms with Gasteiger partial charge in [0.1, 0.15) is 0 Å². The number of rotatable bonds is 9. The predicted octanol–water partition coefficient (Wildman–Crippen LogP) is 0.673. The molecule has 0 atom stereocenters. The van der Waals surface area contributed by atoms with Crippen LogP contribution in [-0.2, 0) is 11.2 Å². The third-order valence-corrected chi connectivity index (χ3v) is 3.77. The molecule has 0 aliphatic carbocycles. The molecule has 0 aromatic heterocycles. The molecule has 6 heteroatoms. The molecular weight excluding hydrogens is 282 g/mol. The van der Waals surface area contributed by atoms with Crippen LogP contribution in [0.15, 0.2) is 18.2 Å². The summed E-state index contributed by atoms with van der Waals surface area (Å²) in [5, 5.41) is 0. The van der Waals surface area contributed by atoms with Crippen molar-refractivity contribution in [1.82, 2.24) is 15.8 Å². The Morgan fingerprint density at radius 1 is 1.05 bits per heavy atom. The second-order valence-electron chi connectivity index (χ2n) is 5.25. The van der Waals surface area contributed by atoms with Crippen molar-refractivity contribution in [3.8, 4) is 11.5 Å². The smallest absolute Gasteiger partial charge is 0.160 e. The van der Waals surface area contributed by atoms with Crippen LogP contribution in [0.2, 0.25) is 0 Å². The lowest BCUT2D eigenvalue weighted by Gasteiger charge is -2.26. The fourth-order valence-corrected chi connectivity index (χ4v) is 2.46. The van der Waals surface area contributed by atoms with Gasteiger partial charge in [0.25, 0.3) is 0 Å². The third-order valence-electron chi connectivity index (χ3n) is 3.77. The van der Waals surface area contributed by atoms with Gasteiger partial charge in [-0.05, 0) is 24.1 Å². The van der Waals surface area contributed by atoms with Gasteiger partial charge in [0.05, 0.1) is 27.4 Å². The topological polar surface area (TPSA) is 55.0 Å². The Bertz CT molecular complexity index is 437. The zero-order valence-corrected chi connectivity index (χ0v) is 13.6. The van der Waals surface area contributed by atoms with Crippen LogP contribution in [0.3, 0.4) is 0 Å². The average molecular weight is 309 g/mol. The highest BCUT2D eigenvalue weighted by molar-refractivity contribution is 5.42. The Balaban J connectivity index is 1.60. The van der Waals surface area contributed by atoms with Crippen LogP contribution in [-0.4, -0.2) is 65.1 Å². The van der Waals surface area contributed by atoms with E-state index in [1.165, 1.54) is 5.56 Å². The lowest BCUT2D eigenvalue weighted by molar-refractivity contribution is 0.0380. The maximum absolute atomic E-state index is 5.33. The molecule has 0 amide bonds. The third kappa shape index (κ3) is 5.46. The summed E-state index contributed by atoms with van der Waals surface area (Å²) in [7, 11) is 3.31. The summed E-state index contributed by atoms with van der Waals surface area (Å²) in [5.74, 6) is 1.54. The van der Waals surface area contributed by atoms with E-state index in [2.05, 4.69) is 21.8 Å². The number of hydrogen-bond donors (Lipinski definition) is 2. The molecule has 0 spiro atoms. The first-order valence-electron chi connectivity index (χ1n) is 7.80. The Morgan fingerprint density at radius 3 is 2.50 bits per heavy atom. The molecule has 1 aromatic rings. The fraction of sp³-hybridized carbons (Fsp3) is 0.625. The van der Waals surface area contributed by atoms with Crippen LogP contribution in [0.4, 0.5) is 0 Å². The molecule has 0 radical (unpaired) electrons. The van der Waals surface area contributed by atoms with Gasteiger partial charge in [0.15, 0.2) is 11.5 Å². The van der Waals surface area contributed by atoms with Gasteiger partial charge in [-0.25, -0.2) is 0 Å². The predicted molar refractivity (Wildman–Crippen MR) is 86.5 cm³/mol. The van der Waals surface area contributed by atoms with Gasteiger partial charge >= 0.3 is 0 Å². The highest BCUT2D eigenvalue weighted by Crippen LogP contribution is 2.27. The van der Waals surface area contributed by atoms with Gasteiger partial charge < -0.3 is 14.2 Å². The van der Waals surface area contributed by atoms with Gasteiger partial charge in [0, 0.05) is 32.7 Å². The van der Waals surface area contributed by atoms with Crippen molar-refractivity contribution in [3.05, 3.63) is 23.8 Å². The van der Waals surface area contributed by atoms with Crippen LogP contribution in [0, 0.1) is 0 Å². The summed E-state index contributed by atoms with van der Waals surface area (Å²) in [4.78, 5) is 2.41. The van der Waals surface area contributed by atoms with Gasteiger partial charge in [-0.1, -0.05) is 6.07 Å².